The highest BCUT2D eigenvalue weighted by Gasteiger charge is 2.32. The summed E-state index contributed by atoms with van der Waals surface area (Å²) < 4.78 is 11.7. The molecule has 2 fully saturated rings. The number of halogens is 2. The normalized spacial score (nSPS) is 22.9. The van der Waals surface area contributed by atoms with Crippen molar-refractivity contribution in [2.45, 2.75) is 70.0 Å². The van der Waals surface area contributed by atoms with E-state index < -0.39 is 12.2 Å². The van der Waals surface area contributed by atoms with E-state index in [1.165, 1.54) is 24.8 Å². The number of hydrogen-bond donors (Lipinski definition) is 1. The molecule has 0 radical (unpaired) electrons. The third-order valence-corrected chi connectivity index (χ3v) is 7.07. The van der Waals surface area contributed by atoms with Gasteiger partial charge in [-0.1, -0.05) is 54.6 Å². The van der Waals surface area contributed by atoms with Crippen molar-refractivity contribution >= 4 is 29.2 Å². The van der Waals surface area contributed by atoms with Crippen molar-refractivity contribution in [3.8, 4) is 5.75 Å². The van der Waals surface area contributed by atoms with Crippen LogP contribution in [0, 0.1) is 12.8 Å². The second-order valence-corrected chi connectivity index (χ2v) is 9.96. The molecule has 1 saturated heterocycles. The summed E-state index contributed by atoms with van der Waals surface area (Å²) in [6.45, 7) is 2.20. The Kier molecular flexibility index (Phi) is 7.65. The summed E-state index contributed by atoms with van der Waals surface area (Å²) in [7, 11) is 0. The van der Waals surface area contributed by atoms with E-state index >= 15 is 0 Å². The first-order chi connectivity index (χ1) is 15.4. The minimum atomic E-state index is -0.681. The second kappa shape index (κ2) is 10.5. The van der Waals surface area contributed by atoms with E-state index in [2.05, 4.69) is 12.1 Å². The number of benzene rings is 2. The Morgan fingerprint density at radius 2 is 1.81 bits per heavy atom. The maximum absolute atomic E-state index is 11.7. The number of carbonyl (C=O) groups is 1. The van der Waals surface area contributed by atoms with E-state index in [1.54, 1.807) is 0 Å². The Morgan fingerprint density at radius 1 is 1.09 bits per heavy atom. The zero-order valence-corrected chi connectivity index (χ0v) is 19.9. The molecule has 172 valence electrons. The number of carbonyl (C=O) groups excluding carboxylic acids is 1. The number of cyclic esters (lactones) is 1. The van der Waals surface area contributed by atoms with Gasteiger partial charge >= 0.3 is 5.97 Å². The molecule has 0 bridgehead atoms. The van der Waals surface area contributed by atoms with Crippen molar-refractivity contribution in [3.63, 3.8) is 0 Å². The molecule has 0 spiro atoms. The van der Waals surface area contributed by atoms with Crippen LogP contribution in [0.4, 0.5) is 0 Å². The molecule has 0 aromatic heterocycles. The maximum atomic E-state index is 11.7. The largest absolute Gasteiger partial charge is 0.489 e. The molecule has 2 aromatic carbocycles. The summed E-state index contributed by atoms with van der Waals surface area (Å²) in [4.78, 5) is 11.7. The Hall–Kier alpha value is -1.75. The van der Waals surface area contributed by atoms with Crippen LogP contribution in [0.3, 0.4) is 0 Å². The fourth-order valence-electron chi connectivity index (χ4n) is 5.17. The van der Waals surface area contributed by atoms with E-state index in [-0.39, 0.29) is 24.9 Å². The molecule has 1 aliphatic carbocycles. The lowest BCUT2D eigenvalue weighted by atomic mass is 9.73. The van der Waals surface area contributed by atoms with Gasteiger partial charge in [0.25, 0.3) is 0 Å². The Bertz CT molecular complexity index is 938. The molecular formula is C26H30Cl2O4. The predicted octanol–water partition coefficient (Wildman–Crippen LogP) is 6.46. The van der Waals surface area contributed by atoms with Crippen molar-refractivity contribution < 1.29 is 19.4 Å². The highest BCUT2D eigenvalue weighted by Crippen LogP contribution is 2.45. The first-order valence-corrected chi connectivity index (χ1v) is 12.2. The van der Waals surface area contributed by atoms with E-state index in [9.17, 15) is 9.90 Å². The van der Waals surface area contributed by atoms with Gasteiger partial charge in [-0.05, 0) is 61.1 Å². The summed E-state index contributed by atoms with van der Waals surface area (Å²) in [5.74, 6) is 1.03. The molecule has 1 aliphatic heterocycles. The lowest BCUT2D eigenvalue weighted by Crippen LogP contribution is -2.36. The number of rotatable bonds is 6. The van der Waals surface area contributed by atoms with Crippen LogP contribution in [0.25, 0.3) is 0 Å². The van der Waals surface area contributed by atoms with Crippen molar-refractivity contribution in [3.05, 3.63) is 63.1 Å². The number of aliphatic hydroxyl groups is 1. The van der Waals surface area contributed by atoms with Crippen LogP contribution >= 0.6 is 23.2 Å². The lowest BCUT2D eigenvalue weighted by Gasteiger charge is -2.33. The van der Waals surface area contributed by atoms with Crippen LogP contribution in [-0.4, -0.2) is 29.9 Å². The van der Waals surface area contributed by atoms with Gasteiger partial charge in [0.2, 0.25) is 0 Å². The Labute approximate surface area is 199 Å². The van der Waals surface area contributed by atoms with E-state index in [0.717, 1.165) is 29.7 Å². The maximum Gasteiger partial charge on any atom is 0.308 e. The van der Waals surface area contributed by atoms with Crippen molar-refractivity contribution in [1.82, 2.24) is 0 Å². The number of aryl methyl sites for hydroxylation is 1. The molecule has 2 aromatic rings. The van der Waals surface area contributed by atoms with Gasteiger partial charge in [0, 0.05) is 27.9 Å². The summed E-state index contributed by atoms with van der Waals surface area (Å²) in [6.07, 6.45) is 5.32. The Morgan fingerprint density at radius 3 is 2.50 bits per heavy atom. The van der Waals surface area contributed by atoms with Crippen molar-refractivity contribution in [2.75, 3.05) is 6.61 Å². The van der Waals surface area contributed by atoms with E-state index in [1.807, 2.05) is 31.2 Å². The zero-order valence-electron chi connectivity index (χ0n) is 18.4. The van der Waals surface area contributed by atoms with Crippen molar-refractivity contribution in [2.24, 2.45) is 5.92 Å². The standard InChI is InChI=1S/C26H30Cl2O4/c1-16-11-20(28)12-23(26(16)31-15-22-13-21(29)14-24(30)32-22)25(17-5-3-2-4-6-17)18-7-9-19(27)10-8-18/h7-12,17,21-22,25,29H,2-6,13-15H2,1H3/t21?,22?,25-/m0/s1. The van der Waals surface area contributed by atoms with Crippen molar-refractivity contribution in [1.29, 1.82) is 0 Å². The van der Waals surface area contributed by atoms with E-state index in [4.69, 9.17) is 32.7 Å². The highest BCUT2D eigenvalue weighted by molar-refractivity contribution is 6.31. The first-order valence-electron chi connectivity index (χ1n) is 11.5. The minimum absolute atomic E-state index is 0.0437. The lowest BCUT2D eigenvalue weighted by molar-refractivity contribution is -0.162. The summed E-state index contributed by atoms with van der Waals surface area (Å²) in [6, 6.07) is 12.0. The van der Waals surface area contributed by atoms with Gasteiger partial charge in [-0.15, -0.1) is 0 Å². The van der Waals surface area contributed by atoms with Gasteiger partial charge in [0.1, 0.15) is 18.5 Å². The smallest absolute Gasteiger partial charge is 0.308 e. The molecule has 32 heavy (non-hydrogen) atoms. The molecule has 1 heterocycles. The number of esters is 1. The number of hydrogen-bond acceptors (Lipinski definition) is 4. The third kappa shape index (κ3) is 5.59. The molecular weight excluding hydrogens is 447 g/mol. The fraction of sp³-hybridized carbons (Fsp3) is 0.500. The summed E-state index contributed by atoms with van der Waals surface area (Å²) >= 11 is 12.7. The van der Waals surface area contributed by atoms with Crippen LogP contribution < -0.4 is 4.74 Å². The molecule has 1 saturated carbocycles. The molecule has 1 N–H and O–H groups in total. The molecule has 4 nitrogen and oxygen atoms in total. The third-order valence-electron chi connectivity index (χ3n) is 6.60. The Balaban J connectivity index is 1.68. The molecule has 4 rings (SSSR count). The fourth-order valence-corrected chi connectivity index (χ4v) is 5.57. The minimum Gasteiger partial charge on any atom is -0.489 e. The van der Waals surface area contributed by atoms with Gasteiger partial charge in [-0.2, -0.15) is 0 Å². The average Bonchev–Trinajstić information content (AvgIpc) is 2.75. The molecule has 2 unspecified atom stereocenters. The predicted molar refractivity (Wildman–Crippen MR) is 127 cm³/mol. The molecule has 0 amide bonds. The number of ether oxygens (including phenoxy) is 2. The highest BCUT2D eigenvalue weighted by atomic mass is 35.5. The molecule has 6 heteroatoms. The molecule has 3 atom stereocenters. The molecule has 2 aliphatic rings. The van der Waals surface area contributed by atoms with Gasteiger partial charge in [0.15, 0.2) is 0 Å². The van der Waals surface area contributed by atoms with Gasteiger partial charge in [0.05, 0.1) is 12.5 Å². The quantitative estimate of drug-likeness (QED) is 0.486. The number of aliphatic hydroxyl groups excluding tert-OH is 1. The van der Waals surface area contributed by atoms with Gasteiger partial charge < -0.3 is 14.6 Å². The van der Waals surface area contributed by atoms with Crippen LogP contribution in [0.5, 0.6) is 5.75 Å². The van der Waals surface area contributed by atoms with Crippen LogP contribution in [0.1, 0.15) is 67.6 Å². The van der Waals surface area contributed by atoms with Crippen LogP contribution in [-0.2, 0) is 9.53 Å². The first kappa shape index (κ1) is 23.4. The van der Waals surface area contributed by atoms with E-state index in [0.29, 0.717) is 22.4 Å². The summed E-state index contributed by atoms with van der Waals surface area (Å²) in [5, 5.41) is 11.3. The topological polar surface area (TPSA) is 55.8 Å². The van der Waals surface area contributed by atoms with Crippen LogP contribution in [0.2, 0.25) is 10.0 Å². The second-order valence-electron chi connectivity index (χ2n) is 9.08. The monoisotopic (exact) mass is 476 g/mol. The van der Waals surface area contributed by atoms with Gasteiger partial charge in [-0.25, -0.2) is 0 Å². The SMILES string of the molecule is Cc1cc(Cl)cc([C@H](c2ccc(Cl)cc2)C2CCCCC2)c1OCC1CC(O)CC(=O)O1. The zero-order chi connectivity index (χ0) is 22.7. The van der Waals surface area contributed by atoms with Gasteiger partial charge in [-0.3, -0.25) is 4.79 Å². The average molecular weight is 477 g/mol. The van der Waals surface area contributed by atoms with Crippen LogP contribution in [0.15, 0.2) is 36.4 Å². The summed E-state index contributed by atoms with van der Waals surface area (Å²) in [5.41, 5.74) is 3.21.